The van der Waals surface area contributed by atoms with Crippen LogP contribution >= 0.6 is 0 Å². The number of carboxylic acids is 1. The van der Waals surface area contributed by atoms with Gasteiger partial charge in [-0.15, -0.1) is 0 Å². The van der Waals surface area contributed by atoms with E-state index in [0.29, 0.717) is 17.1 Å². The lowest BCUT2D eigenvalue weighted by molar-refractivity contribution is -0.132. The van der Waals surface area contributed by atoms with E-state index in [-0.39, 0.29) is 5.57 Å². The fraction of sp³-hybridized carbons (Fsp3) is 0. The number of benzene rings is 3. The van der Waals surface area contributed by atoms with Crippen LogP contribution in [0.2, 0.25) is 0 Å². The van der Waals surface area contributed by atoms with Crippen molar-refractivity contribution in [2.24, 2.45) is 0 Å². The van der Waals surface area contributed by atoms with Crippen molar-refractivity contribution in [2.45, 2.75) is 0 Å². The van der Waals surface area contributed by atoms with Crippen LogP contribution in [0.3, 0.4) is 0 Å². The molecule has 0 saturated carbocycles. The van der Waals surface area contributed by atoms with Crippen molar-refractivity contribution in [1.29, 1.82) is 5.26 Å². The van der Waals surface area contributed by atoms with E-state index in [1.165, 1.54) is 6.08 Å². The summed E-state index contributed by atoms with van der Waals surface area (Å²) in [5, 5.41) is 17.7. The SMILES string of the molecule is N#CC(=Cc1ccc(Oc2ccc(-c3ccccc3)cc2)cc1)C(=O)O. The Hall–Kier alpha value is -3.84. The number of carbonyl (C=O) groups is 1. The zero-order valence-corrected chi connectivity index (χ0v) is 13.8. The molecule has 0 aromatic heterocycles. The maximum Gasteiger partial charge on any atom is 0.346 e. The van der Waals surface area contributed by atoms with E-state index in [0.717, 1.165) is 11.1 Å². The van der Waals surface area contributed by atoms with Crippen LogP contribution in [0, 0.1) is 11.3 Å². The van der Waals surface area contributed by atoms with Crippen LogP contribution < -0.4 is 4.74 Å². The molecule has 0 saturated heterocycles. The lowest BCUT2D eigenvalue weighted by Gasteiger charge is -2.07. The predicted molar refractivity (Wildman–Crippen MR) is 99.6 cm³/mol. The van der Waals surface area contributed by atoms with Crippen LogP contribution in [0.1, 0.15) is 5.56 Å². The zero-order valence-electron chi connectivity index (χ0n) is 13.8. The largest absolute Gasteiger partial charge is 0.477 e. The molecular weight excluding hydrogens is 326 g/mol. The van der Waals surface area contributed by atoms with Gasteiger partial charge in [0.2, 0.25) is 0 Å². The van der Waals surface area contributed by atoms with E-state index in [9.17, 15) is 4.79 Å². The highest BCUT2D eigenvalue weighted by Gasteiger charge is 2.06. The standard InChI is InChI=1S/C22H15NO3/c23-15-19(22(24)25)14-16-6-10-20(11-7-16)26-21-12-8-18(9-13-21)17-4-2-1-3-5-17/h1-14H,(H,24,25). The molecule has 26 heavy (non-hydrogen) atoms. The highest BCUT2D eigenvalue weighted by Crippen LogP contribution is 2.26. The molecule has 0 fully saturated rings. The molecule has 3 aromatic carbocycles. The van der Waals surface area contributed by atoms with Crippen molar-refractivity contribution in [1.82, 2.24) is 0 Å². The third-order valence-electron chi connectivity index (χ3n) is 3.74. The van der Waals surface area contributed by atoms with Crippen LogP contribution in [0.25, 0.3) is 17.2 Å². The Morgan fingerprint density at radius 3 is 1.92 bits per heavy atom. The second kappa shape index (κ2) is 7.82. The summed E-state index contributed by atoms with van der Waals surface area (Å²) in [6, 6.07) is 26.4. The molecule has 0 spiro atoms. The van der Waals surface area contributed by atoms with Gasteiger partial charge in [0.05, 0.1) is 0 Å². The van der Waals surface area contributed by atoms with Gasteiger partial charge in [0, 0.05) is 0 Å². The lowest BCUT2D eigenvalue weighted by Crippen LogP contribution is -1.97. The van der Waals surface area contributed by atoms with Gasteiger partial charge in [0.1, 0.15) is 23.1 Å². The number of nitrogens with zero attached hydrogens (tertiary/aromatic N) is 1. The summed E-state index contributed by atoms with van der Waals surface area (Å²) in [5.41, 5.74) is 2.56. The first-order valence-corrected chi connectivity index (χ1v) is 7.94. The van der Waals surface area contributed by atoms with Gasteiger partial charge in [-0.25, -0.2) is 4.79 Å². The number of rotatable bonds is 5. The van der Waals surface area contributed by atoms with Gasteiger partial charge in [-0.05, 0) is 47.0 Å². The molecule has 0 radical (unpaired) electrons. The monoisotopic (exact) mass is 341 g/mol. The van der Waals surface area contributed by atoms with E-state index in [1.807, 2.05) is 42.5 Å². The average molecular weight is 341 g/mol. The first-order valence-electron chi connectivity index (χ1n) is 7.94. The van der Waals surface area contributed by atoms with Gasteiger partial charge >= 0.3 is 5.97 Å². The highest BCUT2D eigenvalue weighted by atomic mass is 16.5. The number of carboxylic acid groups (broad SMARTS) is 1. The fourth-order valence-electron chi connectivity index (χ4n) is 2.42. The fourth-order valence-corrected chi connectivity index (χ4v) is 2.42. The Balaban J connectivity index is 1.72. The molecule has 4 heteroatoms. The summed E-state index contributed by atoms with van der Waals surface area (Å²) in [7, 11) is 0. The summed E-state index contributed by atoms with van der Waals surface area (Å²) in [6.45, 7) is 0. The van der Waals surface area contributed by atoms with Crippen LogP contribution in [0.5, 0.6) is 11.5 Å². The summed E-state index contributed by atoms with van der Waals surface area (Å²) in [6.07, 6.45) is 1.32. The first kappa shape index (κ1) is 17.0. The molecule has 0 unspecified atom stereocenters. The topological polar surface area (TPSA) is 70.3 Å². The van der Waals surface area contributed by atoms with Gasteiger partial charge < -0.3 is 9.84 Å². The second-order valence-electron chi connectivity index (χ2n) is 5.54. The van der Waals surface area contributed by atoms with Crippen molar-refractivity contribution in [3.63, 3.8) is 0 Å². The minimum Gasteiger partial charge on any atom is -0.477 e. The van der Waals surface area contributed by atoms with Crippen LogP contribution in [0.15, 0.2) is 84.4 Å². The molecule has 0 aliphatic rings. The Morgan fingerprint density at radius 1 is 0.846 bits per heavy atom. The quantitative estimate of drug-likeness (QED) is 0.515. The number of hydrogen-bond acceptors (Lipinski definition) is 3. The van der Waals surface area contributed by atoms with Crippen molar-refractivity contribution in [3.05, 3.63) is 90.0 Å². The van der Waals surface area contributed by atoms with Gasteiger partial charge in [-0.3, -0.25) is 0 Å². The molecule has 0 aliphatic carbocycles. The molecular formula is C22H15NO3. The maximum absolute atomic E-state index is 10.9. The molecule has 0 heterocycles. The lowest BCUT2D eigenvalue weighted by atomic mass is 10.1. The van der Waals surface area contributed by atoms with Gasteiger partial charge in [0.25, 0.3) is 0 Å². The zero-order chi connectivity index (χ0) is 18.4. The van der Waals surface area contributed by atoms with Gasteiger partial charge in [-0.2, -0.15) is 5.26 Å². The normalized spacial score (nSPS) is 10.8. The third kappa shape index (κ3) is 4.16. The summed E-state index contributed by atoms with van der Waals surface area (Å²) in [5.74, 6) is 0.0889. The molecule has 1 N–H and O–H groups in total. The summed E-state index contributed by atoms with van der Waals surface area (Å²) >= 11 is 0. The van der Waals surface area contributed by atoms with Crippen molar-refractivity contribution in [3.8, 4) is 28.7 Å². The molecule has 3 rings (SSSR count). The van der Waals surface area contributed by atoms with E-state index in [2.05, 4.69) is 12.1 Å². The molecule has 0 bridgehead atoms. The molecule has 126 valence electrons. The molecule has 0 atom stereocenters. The maximum atomic E-state index is 10.9. The second-order valence-corrected chi connectivity index (χ2v) is 5.54. The third-order valence-corrected chi connectivity index (χ3v) is 3.74. The summed E-state index contributed by atoms with van der Waals surface area (Å²) in [4.78, 5) is 10.9. The highest BCUT2D eigenvalue weighted by molar-refractivity contribution is 5.96. The van der Waals surface area contributed by atoms with Crippen molar-refractivity contribution in [2.75, 3.05) is 0 Å². The van der Waals surface area contributed by atoms with E-state index >= 15 is 0 Å². The molecule has 0 aliphatic heterocycles. The van der Waals surface area contributed by atoms with E-state index < -0.39 is 5.97 Å². The van der Waals surface area contributed by atoms with Crippen LogP contribution in [-0.2, 0) is 4.79 Å². The van der Waals surface area contributed by atoms with Crippen molar-refractivity contribution < 1.29 is 14.6 Å². The molecule has 0 amide bonds. The van der Waals surface area contributed by atoms with E-state index in [4.69, 9.17) is 15.1 Å². The van der Waals surface area contributed by atoms with Crippen LogP contribution in [0.4, 0.5) is 0 Å². The Morgan fingerprint density at radius 2 is 1.38 bits per heavy atom. The first-order chi connectivity index (χ1) is 12.7. The number of nitriles is 1. The average Bonchev–Trinajstić information content (AvgIpc) is 2.68. The Labute approximate surface area is 151 Å². The van der Waals surface area contributed by atoms with Crippen LogP contribution in [-0.4, -0.2) is 11.1 Å². The Bertz CT molecular complexity index is 967. The molecule has 3 aromatic rings. The van der Waals surface area contributed by atoms with Crippen molar-refractivity contribution >= 4 is 12.0 Å². The molecule has 4 nitrogen and oxygen atoms in total. The van der Waals surface area contributed by atoms with E-state index in [1.54, 1.807) is 30.3 Å². The summed E-state index contributed by atoms with van der Waals surface area (Å²) < 4.78 is 5.80. The minimum atomic E-state index is -1.24. The Kier molecular flexibility index (Phi) is 5.11. The van der Waals surface area contributed by atoms with Gasteiger partial charge in [-0.1, -0.05) is 54.6 Å². The van der Waals surface area contributed by atoms with Gasteiger partial charge in [0.15, 0.2) is 0 Å². The smallest absolute Gasteiger partial charge is 0.346 e. The number of aliphatic carboxylic acids is 1. The number of ether oxygens (including phenoxy) is 1. The predicted octanol–water partition coefficient (Wildman–Crippen LogP) is 5.14. The minimum absolute atomic E-state index is 0.310. The number of hydrogen-bond donors (Lipinski definition) is 1.